The largest absolute Gasteiger partial charge is 0.394 e. The normalized spacial score (nSPS) is 13.0. The summed E-state index contributed by atoms with van der Waals surface area (Å²) in [7, 11) is 0. The molecule has 0 fully saturated rings. The third-order valence-corrected chi connectivity index (χ3v) is 11.7. The van der Waals surface area contributed by atoms with E-state index in [4.69, 9.17) is 0 Å². The summed E-state index contributed by atoms with van der Waals surface area (Å²) in [4.78, 5) is 12.4. The fourth-order valence-electron chi connectivity index (χ4n) is 7.84. The molecule has 0 aliphatic carbocycles. The van der Waals surface area contributed by atoms with Crippen molar-refractivity contribution in [3.63, 3.8) is 0 Å². The van der Waals surface area contributed by atoms with Gasteiger partial charge in [0.25, 0.3) is 0 Å². The Balaban J connectivity index is 3.51. The second-order valence-electron chi connectivity index (χ2n) is 17.2. The first-order valence-electron chi connectivity index (χ1n) is 25.1. The monoisotopic (exact) mass is 774 g/mol. The summed E-state index contributed by atoms with van der Waals surface area (Å²) >= 11 is 0. The van der Waals surface area contributed by atoms with E-state index in [1.165, 1.54) is 225 Å². The van der Waals surface area contributed by atoms with E-state index in [-0.39, 0.29) is 12.5 Å². The number of carbonyl (C=O) groups excluding carboxylic acids is 1. The molecular weight excluding hydrogens is 675 g/mol. The molecule has 326 valence electrons. The van der Waals surface area contributed by atoms with Gasteiger partial charge in [-0.25, -0.2) is 0 Å². The third-order valence-electron chi connectivity index (χ3n) is 11.7. The van der Waals surface area contributed by atoms with E-state index >= 15 is 0 Å². The van der Waals surface area contributed by atoms with E-state index in [0.29, 0.717) is 6.42 Å². The van der Waals surface area contributed by atoms with Gasteiger partial charge in [0.05, 0.1) is 18.8 Å². The summed E-state index contributed by atoms with van der Waals surface area (Å²) in [5, 5.41) is 23.1. The lowest BCUT2D eigenvalue weighted by molar-refractivity contribution is -0.123. The SMILES string of the molecule is CCCCCCCCCCCCCC/C=C/CC/C=C/C(O)C(CO)NC(=O)CCCCCCCCCCCCCCCCCCCCCCCCCCC. The maximum absolute atomic E-state index is 12.4. The highest BCUT2D eigenvalue weighted by molar-refractivity contribution is 5.76. The second kappa shape index (κ2) is 47.2. The minimum Gasteiger partial charge on any atom is -0.394 e. The highest BCUT2D eigenvalue weighted by Gasteiger charge is 2.17. The molecule has 0 aliphatic heterocycles. The fraction of sp³-hybridized carbons (Fsp3) is 0.902. The zero-order valence-corrected chi connectivity index (χ0v) is 37.5. The lowest BCUT2D eigenvalue weighted by atomic mass is 10.0. The summed E-state index contributed by atoms with van der Waals surface area (Å²) in [6, 6.07) is -0.635. The van der Waals surface area contributed by atoms with Gasteiger partial charge in [-0.05, 0) is 32.1 Å². The summed E-state index contributed by atoms with van der Waals surface area (Å²) < 4.78 is 0. The van der Waals surface area contributed by atoms with Crippen molar-refractivity contribution in [1.82, 2.24) is 5.32 Å². The van der Waals surface area contributed by atoms with Crippen LogP contribution >= 0.6 is 0 Å². The number of carbonyl (C=O) groups is 1. The third kappa shape index (κ3) is 43.8. The van der Waals surface area contributed by atoms with Crippen molar-refractivity contribution in [3.8, 4) is 0 Å². The smallest absolute Gasteiger partial charge is 0.220 e. The molecule has 0 heterocycles. The van der Waals surface area contributed by atoms with Crippen LogP contribution in [-0.2, 0) is 4.79 Å². The van der Waals surface area contributed by atoms with Gasteiger partial charge in [-0.3, -0.25) is 4.79 Å². The summed E-state index contributed by atoms with van der Waals surface area (Å²) in [5.74, 6) is -0.0682. The van der Waals surface area contributed by atoms with Crippen molar-refractivity contribution < 1.29 is 15.0 Å². The predicted octanol–water partition coefficient (Wildman–Crippen LogP) is 16.0. The lowest BCUT2D eigenvalue weighted by Gasteiger charge is -2.19. The van der Waals surface area contributed by atoms with Gasteiger partial charge in [0.2, 0.25) is 5.91 Å². The van der Waals surface area contributed by atoms with E-state index in [1.54, 1.807) is 6.08 Å². The van der Waals surface area contributed by atoms with Gasteiger partial charge in [-0.2, -0.15) is 0 Å². The van der Waals surface area contributed by atoms with Crippen molar-refractivity contribution in [2.24, 2.45) is 0 Å². The van der Waals surface area contributed by atoms with E-state index in [0.717, 1.165) is 32.1 Å². The molecule has 55 heavy (non-hydrogen) atoms. The Labute approximate surface area is 345 Å². The number of allylic oxidation sites excluding steroid dienone is 3. The first kappa shape index (κ1) is 53.9. The Morgan fingerprint density at radius 1 is 0.418 bits per heavy atom. The minimum absolute atomic E-state index is 0.0682. The molecule has 2 atom stereocenters. The van der Waals surface area contributed by atoms with Crippen LogP contribution in [0.1, 0.15) is 277 Å². The molecule has 0 aromatic heterocycles. The Morgan fingerprint density at radius 3 is 1.05 bits per heavy atom. The number of unbranched alkanes of at least 4 members (excludes halogenated alkanes) is 37. The highest BCUT2D eigenvalue weighted by atomic mass is 16.3. The Hall–Kier alpha value is -1.13. The first-order valence-corrected chi connectivity index (χ1v) is 25.1. The molecule has 0 aliphatic rings. The standard InChI is InChI=1S/C51H99NO3/c1-3-5-7-9-11-13-15-17-19-21-23-24-25-26-27-28-29-31-33-35-37-39-41-43-45-47-51(55)52-49(48-53)50(54)46-44-42-40-38-36-34-32-30-22-20-18-16-14-12-10-8-6-4-2/h36,38,44,46,49-50,53-54H,3-35,37,39-43,45,47-48H2,1-2H3,(H,52,55)/b38-36+,46-44+. The van der Waals surface area contributed by atoms with Crippen molar-refractivity contribution in [2.75, 3.05) is 6.61 Å². The maximum Gasteiger partial charge on any atom is 0.220 e. The average molecular weight is 774 g/mol. The molecule has 2 unspecified atom stereocenters. The van der Waals surface area contributed by atoms with Crippen molar-refractivity contribution in [2.45, 2.75) is 289 Å². The molecule has 1 amide bonds. The number of hydrogen-bond donors (Lipinski definition) is 3. The van der Waals surface area contributed by atoms with Gasteiger partial charge >= 0.3 is 0 Å². The Bertz CT molecular complexity index is 795. The van der Waals surface area contributed by atoms with E-state index in [2.05, 4.69) is 31.3 Å². The Kier molecular flexibility index (Phi) is 46.3. The summed E-state index contributed by atoms with van der Waals surface area (Å²) in [5.41, 5.74) is 0. The van der Waals surface area contributed by atoms with E-state index in [9.17, 15) is 15.0 Å². The molecule has 3 N–H and O–H groups in total. The van der Waals surface area contributed by atoms with Crippen molar-refractivity contribution in [3.05, 3.63) is 24.3 Å². The average Bonchev–Trinajstić information content (AvgIpc) is 3.19. The van der Waals surface area contributed by atoms with Crippen LogP contribution in [0.25, 0.3) is 0 Å². The van der Waals surface area contributed by atoms with Gasteiger partial charge in [0.15, 0.2) is 0 Å². The van der Waals surface area contributed by atoms with Crippen LogP contribution in [0.4, 0.5) is 0 Å². The lowest BCUT2D eigenvalue weighted by Crippen LogP contribution is -2.45. The molecule has 0 bridgehead atoms. The van der Waals surface area contributed by atoms with Gasteiger partial charge < -0.3 is 15.5 Å². The van der Waals surface area contributed by atoms with Crippen LogP contribution in [0.2, 0.25) is 0 Å². The number of amides is 1. The molecule has 0 radical (unpaired) electrons. The molecule has 4 heteroatoms. The number of rotatable bonds is 46. The van der Waals surface area contributed by atoms with E-state index in [1.807, 2.05) is 6.08 Å². The van der Waals surface area contributed by atoms with Gasteiger partial charge in [0.1, 0.15) is 0 Å². The predicted molar refractivity (Wildman–Crippen MR) is 244 cm³/mol. The van der Waals surface area contributed by atoms with Crippen LogP contribution in [0.15, 0.2) is 24.3 Å². The topological polar surface area (TPSA) is 69.6 Å². The summed E-state index contributed by atoms with van der Waals surface area (Å²) in [6.45, 7) is 4.32. The highest BCUT2D eigenvalue weighted by Crippen LogP contribution is 2.17. The van der Waals surface area contributed by atoms with Crippen LogP contribution in [0.3, 0.4) is 0 Å². The van der Waals surface area contributed by atoms with E-state index < -0.39 is 12.1 Å². The molecule has 0 saturated carbocycles. The molecule has 0 aromatic rings. The van der Waals surface area contributed by atoms with Gasteiger partial charge in [0, 0.05) is 6.42 Å². The maximum atomic E-state index is 12.4. The molecular formula is C51H99NO3. The van der Waals surface area contributed by atoms with Gasteiger partial charge in [-0.15, -0.1) is 0 Å². The Morgan fingerprint density at radius 2 is 0.709 bits per heavy atom. The number of nitrogens with one attached hydrogen (secondary N) is 1. The van der Waals surface area contributed by atoms with Crippen LogP contribution < -0.4 is 5.32 Å². The quantitative estimate of drug-likeness (QED) is 0.0426. The molecule has 0 aromatic carbocycles. The molecule has 0 rings (SSSR count). The number of aliphatic hydroxyl groups is 2. The fourth-order valence-corrected chi connectivity index (χ4v) is 7.84. The van der Waals surface area contributed by atoms with Gasteiger partial charge in [-0.1, -0.05) is 263 Å². The minimum atomic E-state index is -0.858. The zero-order valence-electron chi connectivity index (χ0n) is 37.5. The van der Waals surface area contributed by atoms with Crippen molar-refractivity contribution in [1.29, 1.82) is 0 Å². The molecule has 4 nitrogen and oxygen atoms in total. The summed E-state index contributed by atoms with van der Waals surface area (Å²) in [6.07, 6.45) is 61.7. The first-order chi connectivity index (χ1) is 27.2. The number of hydrogen-bond acceptors (Lipinski definition) is 3. The molecule has 0 spiro atoms. The van der Waals surface area contributed by atoms with Crippen LogP contribution in [-0.4, -0.2) is 34.9 Å². The molecule has 0 saturated heterocycles. The van der Waals surface area contributed by atoms with Crippen LogP contribution in [0.5, 0.6) is 0 Å². The zero-order chi connectivity index (χ0) is 40.0. The number of aliphatic hydroxyl groups excluding tert-OH is 2. The second-order valence-corrected chi connectivity index (χ2v) is 17.2. The van der Waals surface area contributed by atoms with Crippen LogP contribution in [0, 0.1) is 0 Å². The van der Waals surface area contributed by atoms with Crippen molar-refractivity contribution >= 4 is 5.91 Å².